The van der Waals surface area contributed by atoms with E-state index >= 15 is 0 Å². The van der Waals surface area contributed by atoms with Gasteiger partial charge in [0, 0.05) is 23.9 Å². The number of hydrogen-bond acceptors (Lipinski definition) is 6. The van der Waals surface area contributed by atoms with Crippen molar-refractivity contribution in [2.24, 2.45) is 5.92 Å². The molecule has 3 heterocycles. The number of benzene rings is 1. The van der Waals surface area contributed by atoms with Gasteiger partial charge < -0.3 is 9.64 Å². The van der Waals surface area contributed by atoms with Crippen molar-refractivity contribution in [1.82, 2.24) is 19.8 Å². The lowest BCUT2D eigenvalue weighted by molar-refractivity contribution is -0.148. The summed E-state index contributed by atoms with van der Waals surface area (Å²) in [4.78, 5) is 14.3. The topological polar surface area (TPSA) is 72.6 Å². The van der Waals surface area contributed by atoms with Gasteiger partial charge >= 0.3 is 5.97 Å². The Morgan fingerprint density at radius 3 is 3.00 bits per heavy atom. The third kappa shape index (κ3) is 2.46. The lowest BCUT2D eigenvalue weighted by Crippen LogP contribution is -2.40. The van der Waals surface area contributed by atoms with Crippen LogP contribution in [0.5, 0.6) is 0 Å². The molecule has 0 spiro atoms. The second-order valence-electron chi connectivity index (χ2n) is 6.01. The number of rotatable bonds is 3. The summed E-state index contributed by atoms with van der Waals surface area (Å²) in [5, 5.41) is 14.9. The van der Waals surface area contributed by atoms with Crippen LogP contribution in [0.1, 0.15) is 19.8 Å². The van der Waals surface area contributed by atoms with E-state index in [1.807, 2.05) is 31.2 Å². The van der Waals surface area contributed by atoms with Crippen LogP contribution in [0.15, 0.2) is 30.6 Å². The van der Waals surface area contributed by atoms with Gasteiger partial charge in [0.05, 0.1) is 12.5 Å². The zero-order valence-electron chi connectivity index (χ0n) is 13.6. The Bertz CT molecular complexity index is 891. The van der Waals surface area contributed by atoms with Crippen molar-refractivity contribution in [2.45, 2.75) is 19.8 Å². The van der Waals surface area contributed by atoms with E-state index in [-0.39, 0.29) is 11.9 Å². The van der Waals surface area contributed by atoms with Gasteiger partial charge in [0.1, 0.15) is 6.33 Å². The van der Waals surface area contributed by atoms with E-state index in [1.54, 1.807) is 10.8 Å². The van der Waals surface area contributed by atoms with E-state index in [4.69, 9.17) is 9.84 Å². The van der Waals surface area contributed by atoms with E-state index in [0.717, 1.165) is 41.6 Å². The third-order valence-electron chi connectivity index (χ3n) is 4.48. The standard InChI is InChI=1S/C17H19N5O2/c1-2-24-17(23)12-6-5-9-21(10-12)16-14-8-4-3-7-13(14)15-19-18-11-22(15)20-16/h3-4,7-8,11-12H,2,5-6,9-10H2,1H3. The van der Waals surface area contributed by atoms with Crippen molar-refractivity contribution >= 4 is 28.2 Å². The van der Waals surface area contributed by atoms with Crippen LogP contribution in [-0.4, -0.2) is 45.5 Å². The van der Waals surface area contributed by atoms with Crippen LogP contribution >= 0.6 is 0 Å². The van der Waals surface area contributed by atoms with Gasteiger partial charge in [0.25, 0.3) is 0 Å². The van der Waals surface area contributed by atoms with Gasteiger partial charge in [-0.05, 0) is 19.8 Å². The van der Waals surface area contributed by atoms with Crippen molar-refractivity contribution in [1.29, 1.82) is 0 Å². The number of piperidine rings is 1. The highest BCUT2D eigenvalue weighted by molar-refractivity contribution is 6.00. The predicted molar refractivity (Wildman–Crippen MR) is 89.9 cm³/mol. The molecule has 0 bridgehead atoms. The third-order valence-corrected chi connectivity index (χ3v) is 4.48. The Morgan fingerprint density at radius 2 is 2.17 bits per heavy atom. The summed E-state index contributed by atoms with van der Waals surface area (Å²) in [5.74, 6) is 0.652. The number of ether oxygens (including phenoxy) is 1. The van der Waals surface area contributed by atoms with Crippen LogP contribution < -0.4 is 4.90 Å². The van der Waals surface area contributed by atoms with Gasteiger partial charge in [-0.25, -0.2) is 0 Å². The van der Waals surface area contributed by atoms with Gasteiger partial charge in [-0.15, -0.1) is 15.3 Å². The van der Waals surface area contributed by atoms with Crippen LogP contribution in [0.4, 0.5) is 5.82 Å². The fourth-order valence-electron chi connectivity index (χ4n) is 3.37. The Morgan fingerprint density at radius 1 is 1.33 bits per heavy atom. The lowest BCUT2D eigenvalue weighted by Gasteiger charge is -2.32. The maximum absolute atomic E-state index is 12.1. The normalized spacial score (nSPS) is 18.2. The van der Waals surface area contributed by atoms with E-state index in [9.17, 15) is 4.79 Å². The zero-order chi connectivity index (χ0) is 16.5. The average molecular weight is 325 g/mol. The van der Waals surface area contributed by atoms with Crippen molar-refractivity contribution in [3.8, 4) is 0 Å². The molecule has 0 amide bonds. The van der Waals surface area contributed by atoms with Crippen LogP contribution in [0.2, 0.25) is 0 Å². The number of carbonyl (C=O) groups excluding carboxylic acids is 1. The first-order valence-electron chi connectivity index (χ1n) is 8.28. The highest BCUT2D eigenvalue weighted by Gasteiger charge is 2.28. The molecule has 1 atom stereocenters. The van der Waals surface area contributed by atoms with Crippen LogP contribution in [0, 0.1) is 5.92 Å². The monoisotopic (exact) mass is 325 g/mol. The molecule has 0 radical (unpaired) electrons. The zero-order valence-corrected chi connectivity index (χ0v) is 13.6. The van der Waals surface area contributed by atoms with Crippen molar-refractivity contribution in [3.63, 3.8) is 0 Å². The molecule has 1 saturated heterocycles. The highest BCUT2D eigenvalue weighted by Crippen LogP contribution is 2.30. The van der Waals surface area contributed by atoms with Crippen LogP contribution in [-0.2, 0) is 9.53 Å². The molecule has 1 fully saturated rings. The molecule has 0 saturated carbocycles. The maximum Gasteiger partial charge on any atom is 0.310 e. The van der Waals surface area contributed by atoms with Gasteiger partial charge in [-0.3, -0.25) is 4.79 Å². The van der Waals surface area contributed by atoms with Gasteiger partial charge in [0.2, 0.25) is 0 Å². The van der Waals surface area contributed by atoms with E-state index in [1.165, 1.54) is 0 Å². The molecule has 1 aliphatic heterocycles. The second kappa shape index (κ2) is 6.07. The summed E-state index contributed by atoms with van der Waals surface area (Å²) >= 11 is 0. The maximum atomic E-state index is 12.1. The minimum absolute atomic E-state index is 0.101. The summed E-state index contributed by atoms with van der Waals surface area (Å²) < 4.78 is 6.90. The number of fused-ring (bicyclic) bond motifs is 3. The first-order chi connectivity index (χ1) is 11.8. The fraction of sp³-hybridized carbons (Fsp3) is 0.412. The first-order valence-corrected chi connectivity index (χ1v) is 8.28. The molecule has 7 nitrogen and oxygen atoms in total. The van der Waals surface area contributed by atoms with Crippen LogP contribution in [0.3, 0.4) is 0 Å². The SMILES string of the molecule is CCOC(=O)C1CCCN(c2nn3cnnc3c3ccccc23)C1. The molecule has 3 aromatic rings. The second-order valence-corrected chi connectivity index (χ2v) is 6.01. The minimum Gasteiger partial charge on any atom is -0.466 e. The fourth-order valence-corrected chi connectivity index (χ4v) is 3.37. The summed E-state index contributed by atoms with van der Waals surface area (Å²) in [6.45, 7) is 3.76. The summed E-state index contributed by atoms with van der Waals surface area (Å²) in [5.41, 5.74) is 0.744. The molecule has 0 aliphatic carbocycles. The lowest BCUT2D eigenvalue weighted by atomic mass is 9.98. The van der Waals surface area contributed by atoms with E-state index in [2.05, 4.69) is 15.1 Å². The number of hydrogen-bond donors (Lipinski definition) is 0. The van der Waals surface area contributed by atoms with Gasteiger partial charge in [0.15, 0.2) is 11.5 Å². The first kappa shape index (κ1) is 14.9. The number of carbonyl (C=O) groups is 1. The summed E-state index contributed by atoms with van der Waals surface area (Å²) in [6, 6.07) is 8.04. The molecule has 24 heavy (non-hydrogen) atoms. The number of nitrogens with zero attached hydrogens (tertiary/aromatic N) is 5. The Hall–Kier alpha value is -2.70. The van der Waals surface area contributed by atoms with Crippen LogP contribution in [0.25, 0.3) is 16.4 Å². The molecular formula is C17H19N5O2. The molecule has 1 aliphatic rings. The van der Waals surface area contributed by atoms with Gasteiger partial charge in [-0.2, -0.15) is 4.52 Å². The number of esters is 1. The molecule has 2 aromatic heterocycles. The van der Waals surface area contributed by atoms with Crippen molar-refractivity contribution in [3.05, 3.63) is 30.6 Å². The molecule has 124 valence electrons. The summed E-state index contributed by atoms with van der Waals surface area (Å²) in [7, 11) is 0. The Balaban J connectivity index is 1.76. The largest absolute Gasteiger partial charge is 0.466 e. The Labute approximate surface area is 139 Å². The van der Waals surface area contributed by atoms with Gasteiger partial charge in [-0.1, -0.05) is 24.3 Å². The van der Waals surface area contributed by atoms with E-state index < -0.39 is 0 Å². The average Bonchev–Trinajstić information content (AvgIpc) is 3.10. The highest BCUT2D eigenvalue weighted by atomic mass is 16.5. The molecule has 7 heteroatoms. The van der Waals surface area contributed by atoms with Crippen molar-refractivity contribution < 1.29 is 9.53 Å². The number of anilines is 1. The Kier molecular flexibility index (Phi) is 3.76. The molecule has 0 N–H and O–H groups in total. The minimum atomic E-state index is -0.114. The molecule has 1 unspecified atom stereocenters. The predicted octanol–water partition coefficient (Wildman–Crippen LogP) is 2.06. The number of aromatic nitrogens is 4. The summed E-state index contributed by atoms with van der Waals surface area (Å²) in [6.07, 6.45) is 3.42. The van der Waals surface area contributed by atoms with Crippen molar-refractivity contribution in [2.75, 3.05) is 24.6 Å². The molecule has 1 aromatic carbocycles. The smallest absolute Gasteiger partial charge is 0.310 e. The molecular weight excluding hydrogens is 306 g/mol. The quantitative estimate of drug-likeness (QED) is 0.686. The van der Waals surface area contributed by atoms with E-state index in [0.29, 0.717) is 13.2 Å². The molecule has 4 rings (SSSR count).